The molecule has 0 saturated heterocycles. The van der Waals surface area contributed by atoms with Crippen LogP contribution in [0, 0.1) is 0 Å². The van der Waals surface area contributed by atoms with E-state index in [1.807, 2.05) is 18.2 Å². The molecule has 0 unspecified atom stereocenters. The summed E-state index contributed by atoms with van der Waals surface area (Å²) in [5.41, 5.74) is 9.60. The van der Waals surface area contributed by atoms with E-state index in [0.717, 1.165) is 66.7 Å². The monoisotopic (exact) mass is 765 g/mol. The molecule has 60 heavy (non-hydrogen) atoms. The zero-order chi connectivity index (χ0) is 39.8. The van der Waals surface area contributed by atoms with Gasteiger partial charge in [-0.2, -0.15) is 0 Å². The Hall–Kier alpha value is -8.15. The number of benzene rings is 9. The molecule has 0 saturated carbocycles. The van der Waals surface area contributed by atoms with Crippen molar-refractivity contribution in [1.29, 1.82) is 0 Å². The van der Waals surface area contributed by atoms with Gasteiger partial charge in [0.2, 0.25) is 0 Å². The molecule has 0 bridgehead atoms. The molecule has 0 amide bonds. The Morgan fingerprint density at radius 3 is 1.03 bits per heavy atom. The summed E-state index contributed by atoms with van der Waals surface area (Å²) in [7, 11) is 0. The van der Waals surface area contributed by atoms with Crippen LogP contribution >= 0.6 is 0 Å². The van der Waals surface area contributed by atoms with Crippen LogP contribution in [0.1, 0.15) is 0 Å². The van der Waals surface area contributed by atoms with Gasteiger partial charge in [0, 0.05) is 33.4 Å². The molecule has 0 fully saturated rings. The highest BCUT2D eigenvalue weighted by Crippen LogP contribution is 2.34. The Morgan fingerprint density at radius 2 is 0.517 bits per heavy atom. The molecule has 0 aliphatic rings. The van der Waals surface area contributed by atoms with Gasteiger partial charge in [-0.15, -0.1) is 0 Å². The van der Waals surface area contributed by atoms with E-state index in [-0.39, 0.29) is 0 Å². The molecule has 9 aromatic carbocycles. The van der Waals surface area contributed by atoms with Crippen LogP contribution in [0.15, 0.2) is 212 Å². The SMILES string of the molecule is c1ccc(-c2nc(-c3cccc(-c4cccc(-c5nc(-c6ccc7ccccc7c6)nc(-c6ccc7ccccc7c6)n5)c4)c3)cc(-c3ccc4ccccc4c3)n2)cc1. The maximum atomic E-state index is 5.14. The molecule has 5 heteroatoms. The molecule has 11 aromatic rings. The van der Waals surface area contributed by atoms with Crippen molar-refractivity contribution in [3.05, 3.63) is 212 Å². The number of fused-ring (bicyclic) bond motifs is 3. The van der Waals surface area contributed by atoms with E-state index >= 15 is 0 Å². The summed E-state index contributed by atoms with van der Waals surface area (Å²) in [4.78, 5) is 25.6. The predicted molar refractivity (Wildman–Crippen MR) is 246 cm³/mol. The van der Waals surface area contributed by atoms with E-state index in [4.69, 9.17) is 24.9 Å². The van der Waals surface area contributed by atoms with Gasteiger partial charge in [-0.3, -0.25) is 0 Å². The second kappa shape index (κ2) is 15.0. The first kappa shape index (κ1) is 35.0. The lowest BCUT2D eigenvalue weighted by atomic mass is 9.98. The van der Waals surface area contributed by atoms with Crippen LogP contribution < -0.4 is 0 Å². The molecular weight excluding hydrogens is 731 g/mol. The zero-order valence-corrected chi connectivity index (χ0v) is 32.4. The Kier molecular flexibility index (Phi) is 8.75. The van der Waals surface area contributed by atoms with Gasteiger partial charge in [-0.25, -0.2) is 24.9 Å². The maximum Gasteiger partial charge on any atom is 0.164 e. The highest BCUT2D eigenvalue weighted by Gasteiger charge is 2.16. The van der Waals surface area contributed by atoms with Gasteiger partial charge < -0.3 is 0 Å². The third kappa shape index (κ3) is 6.84. The lowest BCUT2D eigenvalue weighted by Gasteiger charge is -2.12. The van der Waals surface area contributed by atoms with Crippen LogP contribution in [-0.4, -0.2) is 24.9 Å². The van der Waals surface area contributed by atoms with Crippen molar-refractivity contribution in [2.45, 2.75) is 0 Å². The van der Waals surface area contributed by atoms with Gasteiger partial charge in [-0.1, -0.05) is 176 Å². The minimum absolute atomic E-state index is 0.609. The van der Waals surface area contributed by atoms with Crippen LogP contribution in [0.5, 0.6) is 0 Å². The molecule has 0 radical (unpaired) electrons. The fourth-order valence-electron chi connectivity index (χ4n) is 7.92. The summed E-state index contributed by atoms with van der Waals surface area (Å²) in [6.07, 6.45) is 0. The molecule has 0 spiro atoms. The quantitative estimate of drug-likeness (QED) is 0.162. The lowest BCUT2D eigenvalue weighted by Crippen LogP contribution is -2.00. The van der Waals surface area contributed by atoms with Crippen LogP contribution in [0.3, 0.4) is 0 Å². The van der Waals surface area contributed by atoms with E-state index in [9.17, 15) is 0 Å². The first-order valence-electron chi connectivity index (χ1n) is 20.1. The Morgan fingerprint density at radius 1 is 0.183 bits per heavy atom. The third-order valence-electron chi connectivity index (χ3n) is 11.1. The smallest absolute Gasteiger partial charge is 0.164 e. The summed E-state index contributed by atoms with van der Waals surface area (Å²) in [5.74, 6) is 2.55. The van der Waals surface area contributed by atoms with Crippen LogP contribution in [0.2, 0.25) is 0 Å². The van der Waals surface area contributed by atoms with Crippen molar-refractivity contribution in [2.75, 3.05) is 0 Å². The van der Waals surface area contributed by atoms with Crippen LogP contribution in [0.4, 0.5) is 0 Å². The zero-order valence-electron chi connectivity index (χ0n) is 32.4. The molecule has 0 aliphatic carbocycles. The van der Waals surface area contributed by atoms with E-state index in [1.54, 1.807) is 0 Å². The van der Waals surface area contributed by atoms with E-state index in [1.165, 1.54) is 21.5 Å². The average molecular weight is 766 g/mol. The molecule has 11 rings (SSSR count). The van der Waals surface area contributed by atoms with Gasteiger partial charge >= 0.3 is 0 Å². The van der Waals surface area contributed by atoms with Crippen molar-refractivity contribution >= 4 is 32.3 Å². The van der Waals surface area contributed by atoms with E-state index < -0.39 is 0 Å². The Labute approximate surface area is 347 Å². The van der Waals surface area contributed by atoms with Gasteiger partial charge in [0.1, 0.15) is 0 Å². The minimum atomic E-state index is 0.609. The predicted octanol–water partition coefficient (Wildman–Crippen LogP) is 13.8. The molecule has 280 valence electrons. The molecule has 2 aromatic heterocycles. The van der Waals surface area contributed by atoms with Crippen molar-refractivity contribution in [1.82, 2.24) is 24.9 Å². The third-order valence-corrected chi connectivity index (χ3v) is 11.1. The number of rotatable bonds is 7. The fraction of sp³-hybridized carbons (Fsp3) is 0. The highest BCUT2D eigenvalue weighted by molar-refractivity contribution is 5.90. The van der Waals surface area contributed by atoms with Crippen LogP contribution in [-0.2, 0) is 0 Å². The number of nitrogens with zero attached hydrogens (tertiary/aromatic N) is 5. The average Bonchev–Trinajstić information content (AvgIpc) is 3.33. The topological polar surface area (TPSA) is 64.5 Å². The van der Waals surface area contributed by atoms with Crippen molar-refractivity contribution in [3.63, 3.8) is 0 Å². The normalized spacial score (nSPS) is 11.3. The number of hydrogen-bond acceptors (Lipinski definition) is 5. The fourth-order valence-corrected chi connectivity index (χ4v) is 7.92. The first-order chi connectivity index (χ1) is 29.7. The second-order valence-electron chi connectivity index (χ2n) is 15.0. The molecular formula is C55H35N5. The van der Waals surface area contributed by atoms with E-state index in [2.05, 4.69) is 194 Å². The number of aromatic nitrogens is 5. The van der Waals surface area contributed by atoms with Gasteiger partial charge in [-0.05, 0) is 79.8 Å². The summed E-state index contributed by atoms with van der Waals surface area (Å²) in [6.45, 7) is 0. The lowest BCUT2D eigenvalue weighted by molar-refractivity contribution is 1.08. The first-order valence-corrected chi connectivity index (χ1v) is 20.1. The molecule has 0 aliphatic heterocycles. The summed E-state index contributed by atoms with van der Waals surface area (Å²) in [6, 6.07) is 73.7. The molecule has 5 nitrogen and oxygen atoms in total. The highest BCUT2D eigenvalue weighted by atomic mass is 15.0. The van der Waals surface area contributed by atoms with Crippen LogP contribution in [0.25, 0.3) is 112 Å². The van der Waals surface area contributed by atoms with E-state index in [0.29, 0.717) is 23.3 Å². The Balaban J connectivity index is 1.01. The molecule has 2 heterocycles. The standard InChI is InChI=1S/C55H35N5/c1-2-15-39(16-3-1)52-56-50(35-51(57-52)46-27-24-36-12-4-7-17-40(36)30-46)45-22-10-20-43(31-45)44-21-11-23-47(34-44)53-58-54(48-28-25-37-13-5-8-18-41(37)32-48)60-55(59-53)49-29-26-38-14-6-9-19-42(38)33-49/h1-35H. The largest absolute Gasteiger partial charge is 0.228 e. The van der Waals surface area contributed by atoms with Crippen molar-refractivity contribution in [2.24, 2.45) is 0 Å². The summed E-state index contributed by atoms with van der Waals surface area (Å²) in [5, 5.41) is 6.97. The van der Waals surface area contributed by atoms with Crippen molar-refractivity contribution < 1.29 is 0 Å². The van der Waals surface area contributed by atoms with Gasteiger partial charge in [0.15, 0.2) is 23.3 Å². The van der Waals surface area contributed by atoms with Gasteiger partial charge in [0.25, 0.3) is 0 Å². The van der Waals surface area contributed by atoms with Crippen molar-refractivity contribution in [3.8, 4) is 79.2 Å². The summed E-state index contributed by atoms with van der Waals surface area (Å²) < 4.78 is 0. The van der Waals surface area contributed by atoms with Gasteiger partial charge in [0.05, 0.1) is 11.4 Å². The summed E-state index contributed by atoms with van der Waals surface area (Å²) >= 11 is 0. The molecule has 0 atom stereocenters. The minimum Gasteiger partial charge on any atom is -0.228 e. The second-order valence-corrected chi connectivity index (χ2v) is 15.0. The number of hydrogen-bond donors (Lipinski definition) is 0. The molecule has 0 N–H and O–H groups in total. The maximum absolute atomic E-state index is 5.14. The Bertz CT molecular complexity index is 3300.